The van der Waals surface area contributed by atoms with Gasteiger partial charge in [0.2, 0.25) is 0 Å². The number of hydrogen-bond acceptors (Lipinski definition) is 4. The van der Waals surface area contributed by atoms with Crippen molar-refractivity contribution in [3.8, 4) is 0 Å². The van der Waals surface area contributed by atoms with Crippen LogP contribution in [0, 0.1) is 0 Å². The van der Waals surface area contributed by atoms with E-state index in [9.17, 15) is 4.79 Å². The molecular formula is C14H16N2O2S. The second-order valence-corrected chi connectivity index (χ2v) is 4.98. The molecule has 0 fully saturated rings. The van der Waals surface area contributed by atoms with Gasteiger partial charge in [-0.25, -0.2) is 9.78 Å². The number of aromatic amines is 1. The molecule has 1 heterocycles. The number of aromatic nitrogens is 2. The first-order valence-corrected chi connectivity index (χ1v) is 7.16. The number of imidazole rings is 1. The largest absolute Gasteiger partial charge is 0.462 e. The third kappa shape index (κ3) is 4.13. The maximum absolute atomic E-state index is 11.6. The highest BCUT2D eigenvalue weighted by atomic mass is 32.2. The third-order valence-electron chi connectivity index (χ3n) is 2.48. The van der Waals surface area contributed by atoms with Crippen molar-refractivity contribution in [2.75, 3.05) is 6.61 Å². The summed E-state index contributed by atoms with van der Waals surface area (Å²) in [7, 11) is 0. The van der Waals surface area contributed by atoms with Gasteiger partial charge in [0.1, 0.15) is 0 Å². The first-order chi connectivity index (χ1) is 9.29. The van der Waals surface area contributed by atoms with E-state index in [1.807, 2.05) is 19.1 Å². The van der Waals surface area contributed by atoms with Crippen LogP contribution < -0.4 is 0 Å². The first kappa shape index (κ1) is 13.7. The molecule has 0 aliphatic carbocycles. The van der Waals surface area contributed by atoms with E-state index in [2.05, 4.69) is 9.97 Å². The summed E-state index contributed by atoms with van der Waals surface area (Å²) in [5.74, 6) is 0.560. The number of carbonyl (C=O) groups is 1. The number of hydrogen-bond donors (Lipinski definition) is 1. The fourth-order valence-electron chi connectivity index (χ4n) is 1.50. The van der Waals surface area contributed by atoms with Crippen molar-refractivity contribution >= 4 is 17.7 Å². The SMILES string of the molecule is CCCOC(=O)c1ccc(CSc2ncc[nH]2)cc1. The molecule has 2 rings (SSSR count). The number of esters is 1. The number of ether oxygens (including phenoxy) is 1. The minimum atomic E-state index is -0.257. The normalized spacial score (nSPS) is 10.4. The molecule has 0 saturated heterocycles. The fourth-order valence-corrected chi connectivity index (χ4v) is 2.28. The summed E-state index contributed by atoms with van der Waals surface area (Å²) >= 11 is 1.63. The Kier molecular flexibility index (Phi) is 5.03. The molecule has 5 heteroatoms. The van der Waals surface area contributed by atoms with Crippen molar-refractivity contribution in [2.24, 2.45) is 0 Å². The monoisotopic (exact) mass is 276 g/mol. The lowest BCUT2D eigenvalue weighted by Crippen LogP contribution is -2.05. The Morgan fingerprint density at radius 1 is 1.37 bits per heavy atom. The molecule has 2 aromatic rings. The lowest BCUT2D eigenvalue weighted by Gasteiger charge is -2.04. The molecule has 0 unspecified atom stereocenters. The van der Waals surface area contributed by atoms with Gasteiger partial charge in [-0.05, 0) is 24.1 Å². The predicted octanol–water partition coefficient (Wildman–Crippen LogP) is 3.27. The average Bonchev–Trinajstić information content (AvgIpc) is 2.96. The van der Waals surface area contributed by atoms with Gasteiger partial charge >= 0.3 is 5.97 Å². The third-order valence-corrected chi connectivity index (χ3v) is 3.45. The van der Waals surface area contributed by atoms with Gasteiger partial charge in [0.25, 0.3) is 0 Å². The molecule has 1 aromatic carbocycles. The molecule has 0 spiro atoms. The van der Waals surface area contributed by atoms with Gasteiger partial charge in [0.05, 0.1) is 12.2 Å². The Hall–Kier alpha value is -1.75. The van der Waals surface area contributed by atoms with Crippen molar-refractivity contribution in [1.82, 2.24) is 9.97 Å². The van der Waals surface area contributed by atoms with E-state index in [1.165, 1.54) is 0 Å². The van der Waals surface area contributed by atoms with Gasteiger partial charge in [0.15, 0.2) is 5.16 Å². The van der Waals surface area contributed by atoms with E-state index in [0.717, 1.165) is 22.9 Å². The predicted molar refractivity (Wildman–Crippen MR) is 75.2 cm³/mol. The summed E-state index contributed by atoms with van der Waals surface area (Å²) in [5, 5.41) is 0.895. The van der Waals surface area contributed by atoms with E-state index in [4.69, 9.17) is 4.74 Å². The van der Waals surface area contributed by atoms with Crippen LogP contribution in [0.5, 0.6) is 0 Å². The maximum Gasteiger partial charge on any atom is 0.338 e. The summed E-state index contributed by atoms with van der Waals surface area (Å²) < 4.78 is 5.08. The van der Waals surface area contributed by atoms with Gasteiger partial charge in [-0.1, -0.05) is 30.8 Å². The number of benzene rings is 1. The number of rotatable bonds is 6. The number of thioether (sulfide) groups is 1. The highest BCUT2D eigenvalue weighted by Gasteiger charge is 2.06. The zero-order chi connectivity index (χ0) is 13.5. The van der Waals surface area contributed by atoms with E-state index in [0.29, 0.717) is 12.2 Å². The van der Waals surface area contributed by atoms with Crippen molar-refractivity contribution in [3.63, 3.8) is 0 Å². The second kappa shape index (κ2) is 6.99. The molecular weight excluding hydrogens is 260 g/mol. The minimum Gasteiger partial charge on any atom is -0.462 e. The molecule has 0 radical (unpaired) electrons. The Labute approximate surface area is 116 Å². The van der Waals surface area contributed by atoms with Gasteiger partial charge in [0, 0.05) is 18.1 Å². The Bertz CT molecular complexity index is 509. The van der Waals surface area contributed by atoms with Crippen LogP contribution in [0.1, 0.15) is 29.3 Å². The van der Waals surface area contributed by atoms with E-state index >= 15 is 0 Å². The van der Waals surface area contributed by atoms with Gasteiger partial charge in [-0.2, -0.15) is 0 Å². The molecule has 0 bridgehead atoms. The summed E-state index contributed by atoms with van der Waals surface area (Å²) in [6.07, 6.45) is 4.37. The molecule has 19 heavy (non-hydrogen) atoms. The smallest absolute Gasteiger partial charge is 0.338 e. The van der Waals surface area contributed by atoms with Crippen molar-refractivity contribution in [3.05, 3.63) is 47.8 Å². The summed E-state index contributed by atoms with van der Waals surface area (Å²) in [6.45, 7) is 2.44. The second-order valence-electron chi connectivity index (χ2n) is 4.02. The molecule has 0 atom stereocenters. The van der Waals surface area contributed by atoms with Crippen LogP contribution in [0.15, 0.2) is 41.8 Å². The van der Waals surface area contributed by atoms with E-state index in [1.54, 1.807) is 36.3 Å². The van der Waals surface area contributed by atoms with Crippen molar-refractivity contribution in [2.45, 2.75) is 24.3 Å². The van der Waals surface area contributed by atoms with Crippen LogP contribution in [0.25, 0.3) is 0 Å². The number of H-pyrrole nitrogens is 1. The lowest BCUT2D eigenvalue weighted by atomic mass is 10.1. The van der Waals surface area contributed by atoms with E-state index in [-0.39, 0.29) is 5.97 Å². The molecule has 0 aliphatic heterocycles. The number of carbonyl (C=O) groups excluding carboxylic acids is 1. The van der Waals surface area contributed by atoms with Crippen molar-refractivity contribution in [1.29, 1.82) is 0 Å². The van der Waals surface area contributed by atoms with Crippen LogP contribution in [-0.4, -0.2) is 22.5 Å². The molecule has 0 amide bonds. The molecule has 1 aromatic heterocycles. The Morgan fingerprint density at radius 3 is 2.79 bits per heavy atom. The lowest BCUT2D eigenvalue weighted by molar-refractivity contribution is 0.0505. The van der Waals surface area contributed by atoms with Gasteiger partial charge in [-0.3, -0.25) is 0 Å². The number of nitrogens with zero attached hydrogens (tertiary/aromatic N) is 1. The number of nitrogens with one attached hydrogen (secondary N) is 1. The fraction of sp³-hybridized carbons (Fsp3) is 0.286. The van der Waals surface area contributed by atoms with Gasteiger partial charge in [-0.15, -0.1) is 0 Å². The maximum atomic E-state index is 11.6. The van der Waals surface area contributed by atoms with Crippen LogP contribution in [0.2, 0.25) is 0 Å². The molecule has 4 nitrogen and oxygen atoms in total. The van der Waals surface area contributed by atoms with Crippen LogP contribution in [-0.2, 0) is 10.5 Å². The van der Waals surface area contributed by atoms with Crippen LogP contribution in [0.4, 0.5) is 0 Å². The highest BCUT2D eigenvalue weighted by Crippen LogP contribution is 2.19. The molecule has 0 aliphatic rings. The standard InChI is InChI=1S/C14H16N2O2S/c1-2-9-18-13(17)12-5-3-11(4-6-12)10-19-14-15-7-8-16-14/h3-8H,2,9-10H2,1H3,(H,15,16). The average molecular weight is 276 g/mol. The topological polar surface area (TPSA) is 55.0 Å². The van der Waals surface area contributed by atoms with Gasteiger partial charge < -0.3 is 9.72 Å². The van der Waals surface area contributed by atoms with Crippen LogP contribution in [0.3, 0.4) is 0 Å². The molecule has 1 N–H and O–H groups in total. The molecule has 0 saturated carbocycles. The zero-order valence-electron chi connectivity index (χ0n) is 10.8. The quantitative estimate of drug-likeness (QED) is 0.650. The summed E-state index contributed by atoms with van der Waals surface area (Å²) in [4.78, 5) is 18.8. The van der Waals surface area contributed by atoms with Crippen LogP contribution >= 0.6 is 11.8 Å². The van der Waals surface area contributed by atoms with Crippen molar-refractivity contribution < 1.29 is 9.53 Å². The first-order valence-electron chi connectivity index (χ1n) is 6.18. The summed E-state index contributed by atoms with van der Waals surface area (Å²) in [6, 6.07) is 7.49. The highest BCUT2D eigenvalue weighted by molar-refractivity contribution is 7.98. The Morgan fingerprint density at radius 2 is 2.16 bits per heavy atom. The Balaban J connectivity index is 1.89. The summed E-state index contributed by atoms with van der Waals surface area (Å²) in [5.41, 5.74) is 1.74. The zero-order valence-corrected chi connectivity index (χ0v) is 11.6. The van der Waals surface area contributed by atoms with E-state index < -0.39 is 0 Å². The minimum absolute atomic E-state index is 0.257. The molecule has 100 valence electrons.